The van der Waals surface area contributed by atoms with E-state index >= 15 is 0 Å². The van der Waals surface area contributed by atoms with Crippen molar-refractivity contribution in [3.8, 4) is 0 Å². The smallest absolute Gasteiger partial charge is 0.296 e. The zero-order valence-corrected chi connectivity index (χ0v) is 22.3. The van der Waals surface area contributed by atoms with Crippen molar-refractivity contribution in [3.63, 3.8) is 0 Å². The number of hydrogen-bond donors (Lipinski definition) is 0. The molecule has 2 aromatic carbocycles. The maximum absolute atomic E-state index is 13.7. The molecule has 1 amide bonds. The Kier molecular flexibility index (Phi) is 5.93. The van der Waals surface area contributed by atoms with Crippen LogP contribution in [0.3, 0.4) is 0 Å². The van der Waals surface area contributed by atoms with Gasteiger partial charge in [0.25, 0.3) is 5.91 Å². The van der Waals surface area contributed by atoms with Gasteiger partial charge in [0.1, 0.15) is 11.3 Å². The molecule has 11 heteroatoms. The third-order valence-electron chi connectivity index (χ3n) is 7.27. The van der Waals surface area contributed by atoms with Gasteiger partial charge in [-0.1, -0.05) is 35.8 Å². The number of halogens is 1. The number of benzene rings is 2. The molecule has 1 unspecified atom stereocenters. The van der Waals surface area contributed by atoms with Gasteiger partial charge in [0.15, 0.2) is 11.2 Å². The Balaban J connectivity index is 1.47. The number of aromatic nitrogens is 1. The normalized spacial score (nSPS) is 18.9. The third kappa shape index (κ3) is 3.95. The lowest BCUT2D eigenvalue weighted by Gasteiger charge is -2.29. The van der Waals surface area contributed by atoms with Crippen molar-refractivity contribution >= 4 is 44.3 Å². The molecule has 6 rings (SSSR count). The van der Waals surface area contributed by atoms with Crippen molar-refractivity contribution in [1.29, 1.82) is 0 Å². The van der Waals surface area contributed by atoms with Crippen LogP contribution >= 0.6 is 11.6 Å². The first-order valence-corrected chi connectivity index (χ1v) is 14.1. The minimum absolute atomic E-state index is 0.102. The lowest BCUT2D eigenvalue weighted by molar-refractivity contribution is 0.0969. The Hall–Kier alpha value is -3.47. The number of carbonyl (C=O) groups is 1. The standard InChI is InChI=1S/C27H24ClN3O6S/c1-15-9-11-30(12-10-15)38(34,35)19-6-3-17(4-7-19)24-23-25(32)20-14-18(28)5-8-21(20)36-26(23)27(33)31(24)22-13-16(2)37-29-22/h3-8,13-15,24H,9-12H2,1-2H3. The lowest BCUT2D eigenvalue weighted by Crippen LogP contribution is -2.37. The van der Waals surface area contributed by atoms with Crippen LogP contribution < -0.4 is 10.3 Å². The molecular formula is C27H24ClN3O6S. The van der Waals surface area contributed by atoms with Crippen LogP contribution in [0.5, 0.6) is 0 Å². The quantitative estimate of drug-likeness (QED) is 0.352. The SMILES string of the molecule is Cc1cc(N2C(=O)c3oc4ccc(Cl)cc4c(=O)c3C2c2ccc(S(=O)(=O)N3CCC(C)CC3)cc2)no1. The molecule has 0 aliphatic carbocycles. The monoisotopic (exact) mass is 553 g/mol. The summed E-state index contributed by atoms with van der Waals surface area (Å²) in [4.78, 5) is 28.8. The number of piperidine rings is 1. The number of nitrogens with zero attached hydrogens (tertiary/aromatic N) is 3. The predicted octanol–water partition coefficient (Wildman–Crippen LogP) is 4.91. The molecule has 38 heavy (non-hydrogen) atoms. The van der Waals surface area contributed by atoms with Gasteiger partial charge in [0, 0.05) is 24.2 Å². The van der Waals surface area contributed by atoms with Crippen LogP contribution in [0.15, 0.2) is 67.2 Å². The molecule has 9 nitrogen and oxygen atoms in total. The molecule has 1 atom stereocenters. The van der Waals surface area contributed by atoms with E-state index in [0.29, 0.717) is 35.4 Å². The second-order valence-electron chi connectivity index (χ2n) is 9.84. The maximum atomic E-state index is 13.7. The Bertz CT molecular complexity index is 1740. The van der Waals surface area contributed by atoms with Crippen molar-refractivity contribution in [2.24, 2.45) is 5.92 Å². The van der Waals surface area contributed by atoms with E-state index < -0.39 is 27.4 Å². The minimum Gasteiger partial charge on any atom is -0.450 e. The fourth-order valence-electron chi connectivity index (χ4n) is 5.16. The number of rotatable bonds is 4. The average molecular weight is 554 g/mol. The maximum Gasteiger partial charge on any atom is 0.296 e. The molecule has 4 heterocycles. The number of aryl methyl sites for hydroxylation is 1. The van der Waals surface area contributed by atoms with E-state index in [1.165, 1.54) is 27.4 Å². The highest BCUT2D eigenvalue weighted by Crippen LogP contribution is 2.41. The summed E-state index contributed by atoms with van der Waals surface area (Å²) in [7, 11) is -3.67. The Morgan fingerprint density at radius 3 is 2.39 bits per heavy atom. The van der Waals surface area contributed by atoms with Crippen molar-refractivity contribution in [3.05, 3.63) is 86.4 Å². The number of hydrogen-bond acceptors (Lipinski definition) is 7. The van der Waals surface area contributed by atoms with E-state index in [-0.39, 0.29) is 33.0 Å². The summed E-state index contributed by atoms with van der Waals surface area (Å²) in [6.45, 7) is 4.77. The average Bonchev–Trinajstić information content (AvgIpc) is 3.45. The predicted molar refractivity (Wildman–Crippen MR) is 141 cm³/mol. The molecular weight excluding hydrogens is 530 g/mol. The largest absolute Gasteiger partial charge is 0.450 e. The summed E-state index contributed by atoms with van der Waals surface area (Å²) >= 11 is 6.14. The van der Waals surface area contributed by atoms with Gasteiger partial charge in [-0.3, -0.25) is 14.5 Å². The molecule has 2 aliphatic heterocycles. The molecule has 2 aromatic heterocycles. The summed E-state index contributed by atoms with van der Waals surface area (Å²) in [5.41, 5.74) is 0.494. The molecule has 2 aliphatic rings. The molecule has 0 saturated carbocycles. The van der Waals surface area contributed by atoms with E-state index in [2.05, 4.69) is 12.1 Å². The van der Waals surface area contributed by atoms with E-state index in [9.17, 15) is 18.0 Å². The second-order valence-corrected chi connectivity index (χ2v) is 12.2. The first-order chi connectivity index (χ1) is 18.1. The van der Waals surface area contributed by atoms with Crippen molar-refractivity contribution in [2.75, 3.05) is 18.0 Å². The van der Waals surface area contributed by atoms with E-state index in [1.807, 2.05) is 0 Å². The van der Waals surface area contributed by atoms with Crippen LogP contribution in [0, 0.1) is 12.8 Å². The number of fused-ring (bicyclic) bond motifs is 2. The third-order valence-corrected chi connectivity index (χ3v) is 9.42. The minimum atomic E-state index is -3.67. The van der Waals surface area contributed by atoms with E-state index in [4.69, 9.17) is 20.5 Å². The van der Waals surface area contributed by atoms with Crippen molar-refractivity contribution < 1.29 is 22.2 Å². The highest BCUT2D eigenvalue weighted by atomic mass is 35.5. The number of sulfonamides is 1. The Labute approximate surface area is 223 Å². The Morgan fingerprint density at radius 2 is 1.74 bits per heavy atom. The van der Waals surface area contributed by atoms with Gasteiger partial charge in [-0.25, -0.2) is 8.42 Å². The van der Waals surface area contributed by atoms with Crippen LogP contribution in [0.25, 0.3) is 11.0 Å². The zero-order chi connectivity index (χ0) is 26.8. The second kappa shape index (κ2) is 9.07. The van der Waals surface area contributed by atoms with Crippen LogP contribution in [0.2, 0.25) is 5.02 Å². The van der Waals surface area contributed by atoms with Crippen LogP contribution in [0.4, 0.5) is 5.82 Å². The fraction of sp³-hybridized carbons (Fsp3) is 0.296. The van der Waals surface area contributed by atoms with Crippen molar-refractivity contribution in [2.45, 2.75) is 37.6 Å². The summed E-state index contributed by atoms with van der Waals surface area (Å²) in [5.74, 6) is 0.536. The molecule has 0 spiro atoms. The van der Waals surface area contributed by atoms with Crippen LogP contribution in [0.1, 0.15) is 53.2 Å². The first kappa shape index (κ1) is 24.8. The molecule has 0 bridgehead atoms. The fourth-order valence-corrected chi connectivity index (χ4v) is 6.80. The highest BCUT2D eigenvalue weighted by Gasteiger charge is 2.45. The summed E-state index contributed by atoms with van der Waals surface area (Å²) in [6.07, 6.45) is 1.64. The summed E-state index contributed by atoms with van der Waals surface area (Å²) in [6, 6.07) is 11.6. The summed E-state index contributed by atoms with van der Waals surface area (Å²) in [5, 5.41) is 4.61. The van der Waals surface area contributed by atoms with Gasteiger partial charge >= 0.3 is 0 Å². The molecule has 1 saturated heterocycles. The number of carbonyl (C=O) groups excluding carboxylic acids is 1. The van der Waals surface area contributed by atoms with Crippen molar-refractivity contribution in [1.82, 2.24) is 9.46 Å². The van der Waals surface area contributed by atoms with Gasteiger partial charge in [-0.15, -0.1) is 0 Å². The van der Waals surface area contributed by atoms with Gasteiger partial charge in [0.05, 0.1) is 21.9 Å². The zero-order valence-electron chi connectivity index (χ0n) is 20.7. The molecule has 196 valence electrons. The van der Waals surface area contributed by atoms with Gasteiger partial charge in [0.2, 0.25) is 15.8 Å². The topological polar surface area (TPSA) is 114 Å². The van der Waals surface area contributed by atoms with Gasteiger partial charge in [-0.2, -0.15) is 4.31 Å². The Morgan fingerprint density at radius 1 is 1.03 bits per heavy atom. The molecule has 0 radical (unpaired) electrons. The van der Waals surface area contributed by atoms with E-state index in [0.717, 1.165) is 12.8 Å². The molecule has 4 aromatic rings. The van der Waals surface area contributed by atoms with E-state index in [1.54, 1.807) is 37.3 Å². The first-order valence-electron chi connectivity index (χ1n) is 12.3. The number of anilines is 1. The van der Waals surface area contributed by atoms with Crippen LogP contribution in [-0.2, 0) is 10.0 Å². The van der Waals surface area contributed by atoms with Gasteiger partial charge < -0.3 is 8.94 Å². The number of amides is 1. The summed E-state index contributed by atoms with van der Waals surface area (Å²) < 4.78 is 39.2. The molecule has 1 fully saturated rings. The highest BCUT2D eigenvalue weighted by molar-refractivity contribution is 7.89. The lowest BCUT2D eigenvalue weighted by atomic mass is 9.98. The van der Waals surface area contributed by atoms with Crippen LogP contribution in [-0.4, -0.2) is 36.9 Å². The molecule has 0 N–H and O–H groups in total. The van der Waals surface area contributed by atoms with Gasteiger partial charge in [-0.05, 0) is 61.6 Å².